The Balaban J connectivity index is 1.90. The van der Waals surface area contributed by atoms with E-state index in [1.807, 2.05) is 30.3 Å². The smallest absolute Gasteiger partial charge is 0.365 e. The predicted molar refractivity (Wildman–Crippen MR) is 101 cm³/mol. The Morgan fingerprint density at radius 1 is 0.815 bits per heavy atom. The third kappa shape index (κ3) is 4.30. The Bertz CT molecular complexity index is 899. The minimum atomic E-state index is -0.599. The van der Waals surface area contributed by atoms with Crippen LogP contribution in [-0.2, 0) is 4.84 Å². The number of nitrogens with zero attached hydrogens (tertiary/aromatic N) is 2. The maximum absolute atomic E-state index is 12.4. The zero-order chi connectivity index (χ0) is 19.1. The summed E-state index contributed by atoms with van der Waals surface area (Å²) < 4.78 is 10.4. The lowest BCUT2D eigenvalue weighted by Crippen LogP contribution is -2.08. The summed E-state index contributed by atoms with van der Waals surface area (Å²) in [5, 5.41) is 4.11. The number of carbonyl (C=O) groups is 1. The van der Waals surface area contributed by atoms with E-state index in [0.717, 1.165) is 11.1 Å². The maximum Gasteiger partial charge on any atom is 0.365 e. The van der Waals surface area contributed by atoms with Crippen LogP contribution in [0, 0.1) is 0 Å². The van der Waals surface area contributed by atoms with Crippen molar-refractivity contribution in [2.45, 2.75) is 0 Å². The lowest BCUT2D eigenvalue weighted by molar-refractivity contribution is 0.0516. The van der Waals surface area contributed by atoms with Gasteiger partial charge in [0.2, 0.25) is 0 Å². The standard InChI is InChI=1S/C21H18N2O4/c1-25-18-9-8-17(14-19(18)26-2)21(24)27-23-20(15-6-4-3-5-7-15)16-10-12-22-13-11-16/h3-14H,1-2H3/b23-20+. The van der Waals surface area contributed by atoms with Crippen molar-refractivity contribution in [2.75, 3.05) is 14.2 Å². The summed E-state index contributed by atoms with van der Waals surface area (Å²) >= 11 is 0. The van der Waals surface area contributed by atoms with Crippen LogP contribution in [0.2, 0.25) is 0 Å². The zero-order valence-electron chi connectivity index (χ0n) is 15.0. The topological polar surface area (TPSA) is 70.0 Å². The molecule has 0 bridgehead atoms. The number of hydrogen-bond acceptors (Lipinski definition) is 6. The number of oxime groups is 1. The average Bonchev–Trinajstić information content (AvgIpc) is 2.74. The lowest BCUT2D eigenvalue weighted by atomic mass is 10.0. The molecule has 0 aliphatic carbocycles. The van der Waals surface area contributed by atoms with E-state index >= 15 is 0 Å². The van der Waals surface area contributed by atoms with Crippen molar-refractivity contribution in [3.8, 4) is 11.5 Å². The van der Waals surface area contributed by atoms with Crippen molar-refractivity contribution in [3.63, 3.8) is 0 Å². The summed E-state index contributed by atoms with van der Waals surface area (Å²) in [5.41, 5.74) is 2.45. The van der Waals surface area contributed by atoms with Crippen LogP contribution in [0.5, 0.6) is 11.5 Å². The van der Waals surface area contributed by atoms with Crippen LogP contribution in [0.25, 0.3) is 0 Å². The van der Waals surface area contributed by atoms with Crippen molar-refractivity contribution in [2.24, 2.45) is 5.16 Å². The molecule has 136 valence electrons. The monoisotopic (exact) mass is 362 g/mol. The molecule has 0 atom stereocenters. The molecule has 0 N–H and O–H groups in total. The molecule has 0 fully saturated rings. The Morgan fingerprint density at radius 3 is 2.15 bits per heavy atom. The number of aromatic nitrogens is 1. The summed E-state index contributed by atoms with van der Waals surface area (Å²) in [4.78, 5) is 21.7. The highest BCUT2D eigenvalue weighted by atomic mass is 16.7. The molecule has 0 unspecified atom stereocenters. The molecule has 0 aliphatic heterocycles. The molecule has 0 spiro atoms. The first-order valence-corrected chi connectivity index (χ1v) is 8.20. The minimum Gasteiger partial charge on any atom is -0.493 e. The molecule has 2 aromatic carbocycles. The van der Waals surface area contributed by atoms with Gasteiger partial charge in [0, 0.05) is 23.5 Å². The van der Waals surface area contributed by atoms with E-state index in [0.29, 0.717) is 22.8 Å². The van der Waals surface area contributed by atoms with Crippen LogP contribution >= 0.6 is 0 Å². The van der Waals surface area contributed by atoms with Crippen molar-refractivity contribution in [1.29, 1.82) is 0 Å². The SMILES string of the molecule is COc1ccc(C(=O)O/N=C(\c2ccccc2)c2ccncc2)cc1OC. The largest absolute Gasteiger partial charge is 0.493 e. The van der Waals surface area contributed by atoms with Crippen molar-refractivity contribution < 1.29 is 19.1 Å². The Kier molecular flexibility index (Phi) is 5.79. The van der Waals surface area contributed by atoms with E-state index < -0.39 is 5.97 Å². The first kappa shape index (κ1) is 18.1. The first-order chi connectivity index (χ1) is 13.2. The molecule has 1 heterocycles. The summed E-state index contributed by atoms with van der Waals surface area (Å²) in [6.07, 6.45) is 3.31. The van der Waals surface area contributed by atoms with Gasteiger partial charge in [-0.25, -0.2) is 4.79 Å². The highest BCUT2D eigenvalue weighted by molar-refractivity contribution is 6.12. The number of rotatable bonds is 6. The average molecular weight is 362 g/mol. The Morgan fingerprint density at radius 2 is 1.48 bits per heavy atom. The molecular weight excluding hydrogens is 344 g/mol. The second-order valence-electron chi connectivity index (χ2n) is 5.49. The molecule has 0 saturated heterocycles. The zero-order valence-corrected chi connectivity index (χ0v) is 15.0. The van der Waals surface area contributed by atoms with Gasteiger partial charge in [0.25, 0.3) is 0 Å². The van der Waals surface area contributed by atoms with E-state index in [1.165, 1.54) is 14.2 Å². The maximum atomic E-state index is 12.4. The molecule has 3 rings (SSSR count). The Labute approximate surface area is 157 Å². The third-order valence-electron chi connectivity index (χ3n) is 3.84. The van der Waals surface area contributed by atoms with E-state index in [2.05, 4.69) is 10.1 Å². The summed E-state index contributed by atoms with van der Waals surface area (Å²) in [6.45, 7) is 0. The summed E-state index contributed by atoms with van der Waals surface area (Å²) in [6, 6.07) is 17.9. The molecule has 0 aliphatic rings. The molecule has 6 heteroatoms. The fourth-order valence-corrected chi connectivity index (χ4v) is 2.48. The number of ether oxygens (including phenoxy) is 2. The molecular formula is C21H18N2O4. The van der Waals surface area contributed by atoms with Gasteiger partial charge in [-0.3, -0.25) is 4.98 Å². The van der Waals surface area contributed by atoms with Crippen LogP contribution < -0.4 is 9.47 Å². The molecule has 0 amide bonds. The van der Waals surface area contributed by atoms with Gasteiger partial charge in [-0.05, 0) is 30.3 Å². The van der Waals surface area contributed by atoms with E-state index in [1.54, 1.807) is 42.7 Å². The fraction of sp³-hybridized carbons (Fsp3) is 0.0952. The van der Waals surface area contributed by atoms with Gasteiger partial charge in [0.05, 0.1) is 19.8 Å². The van der Waals surface area contributed by atoms with Crippen LogP contribution in [-0.4, -0.2) is 30.9 Å². The van der Waals surface area contributed by atoms with Crippen molar-refractivity contribution in [1.82, 2.24) is 4.98 Å². The van der Waals surface area contributed by atoms with E-state index in [-0.39, 0.29) is 0 Å². The molecule has 27 heavy (non-hydrogen) atoms. The highest BCUT2D eigenvalue weighted by Crippen LogP contribution is 2.27. The fourth-order valence-electron chi connectivity index (χ4n) is 2.48. The van der Waals surface area contributed by atoms with Crippen LogP contribution in [0.1, 0.15) is 21.5 Å². The van der Waals surface area contributed by atoms with Gasteiger partial charge >= 0.3 is 5.97 Å². The van der Waals surface area contributed by atoms with Gasteiger partial charge < -0.3 is 14.3 Å². The number of carbonyl (C=O) groups excluding carboxylic acids is 1. The van der Waals surface area contributed by atoms with Gasteiger partial charge in [-0.2, -0.15) is 0 Å². The highest BCUT2D eigenvalue weighted by Gasteiger charge is 2.14. The molecule has 6 nitrogen and oxygen atoms in total. The van der Waals surface area contributed by atoms with E-state index in [9.17, 15) is 4.79 Å². The first-order valence-electron chi connectivity index (χ1n) is 8.20. The number of hydrogen-bond donors (Lipinski definition) is 0. The van der Waals surface area contributed by atoms with Crippen LogP contribution in [0.4, 0.5) is 0 Å². The van der Waals surface area contributed by atoms with E-state index in [4.69, 9.17) is 14.3 Å². The van der Waals surface area contributed by atoms with Crippen LogP contribution in [0.15, 0.2) is 78.2 Å². The van der Waals surface area contributed by atoms with Gasteiger partial charge in [0.15, 0.2) is 11.5 Å². The minimum absolute atomic E-state index is 0.304. The second kappa shape index (κ2) is 8.62. The molecule has 3 aromatic rings. The van der Waals surface area contributed by atoms with Gasteiger partial charge in [-0.15, -0.1) is 0 Å². The number of benzene rings is 2. The summed E-state index contributed by atoms with van der Waals surface area (Å²) in [7, 11) is 3.03. The van der Waals surface area contributed by atoms with Gasteiger partial charge in [0.1, 0.15) is 5.71 Å². The van der Waals surface area contributed by atoms with Crippen LogP contribution in [0.3, 0.4) is 0 Å². The molecule has 0 saturated carbocycles. The lowest BCUT2D eigenvalue weighted by Gasteiger charge is -2.09. The number of pyridine rings is 1. The van der Waals surface area contributed by atoms with Gasteiger partial charge in [-0.1, -0.05) is 35.5 Å². The van der Waals surface area contributed by atoms with Crippen molar-refractivity contribution in [3.05, 3.63) is 89.7 Å². The van der Waals surface area contributed by atoms with Crippen molar-refractivity contribution >= 4 is 11.7 Å². The molecule has 0 radical (unpaired) electrons. The second-order valence-corrected chi connectivity index (χ2v) is 5.49. The Hall–Kier alpha value is -3.67. The molecule has 1 aromatic heterocycles. The number of methoxy groups -OCH3 is 2. The quantitative estimate of drug-likeness (QED) is 0.380. The summed E-state index contributed by atoms with van der Waals surface area (Å²) in [5.74, 6) is 0.367. The third-order valence-corrected chi connectivity index (χ3v) is 3.84. The normalized spacial score (nSPS) is 11.0. The predicted octanol–water partition coefficient (Wildman–Crippen LogP) is 3.71.